The van der Waals surface area contributed by atoms with Crippen LogP contribution in [-0.4, -0.2) is 35.4 Å². The van der Waals surface area contributed by atoms with E-state index in [-0.39, 0.29) is 5.56 Å². The summed E-state index contributed by atoms with van der Waals surface area (Å²) in [5.74, 6) is -4.03. The normalized spacial score (nSPS) is 14.3. The summed E-state index contributed by atoms with van der Waals surface area (Å²) >= 11 is 0. The molecular formula is C14H18F2N2O4. The van der Waals surface area contributed by atoms with Crippen molar-refractivity contribution < 1.29 is 28.2 Å². The molecule has 0 radical (unpaired) electrons. The Balaban J connectivity index is 3.17. The van der Waals surface area contributed by atoms with Gasteiger partial charge in [-0.2, -0.15) is 0 Å². The van der Waals surface area contributed by atoms with E-state index < -0.39 is 41.2 Å². The Hall–Kier alpha value is -2.06. The number of nitrogens with one attached hydrogen (secondary N) is 1. The monoisotopic (exact) mass is 316 g/mol. The van der Waals surface area contributed by atoms with Crippen molar-refractivity contribution in [2.24, 2.45) is 5.73 Å². The third kappa shape index (κ3) is 4.22. The summed E-state index contributed by atoms with van der Waals surface area (Å²) in [5.41, 5.74) is 2.07. The van der Waals surface area contributed by atoms with E-state index in [0.29, 0.717) is 6.07 Å². The van der Waals surface area contributed by atoms with Gasteiger partial charge in [-0.3, -0.25) is 4.79 Å². The predicted octanol–water partition coefficient (Wildman–Crippen LogP) is 0.788. The fourth-order valence-corrected chi connectivity index (χ4v) is 1.73. The van der Waals surface area contributed by atoms with Crippen LogP contribution in [0.1, 0.15) is 19.4 Å². The number of hydrogen-bond donors (Lipinski definition) is 3. The van der Waals surface area contributed by atoms with Gasteiger partial charge in [-0.15, -0.1) is 0 Å². The highest BCUT2D eigenvalue weighted by Gasteiger charge is 2.43. The molecule has 0 aliphatic rings. The van der Waals surface area contributed by atoms with Crippen LogP contribution in [0.5, 0.6) is 0 Å². The van der Waals surface area contributed by atoms with Crippen LogP contribution in [0.4, 0.5) is 8.78 Å². The standard InChI is InChI=1S/C14H18F2N2O4/c1-13(2,17)11(19)18-14(22-3,12(20)21)7-8-4-9(15)6-10(16)5-8/h4-6H,7,17H2,1-3H3,(H,18,19)(H,20,21)/t14-/m1/s1. The van der Waals surface area contributed by atoms with Gasteiger partial charge in [-0.25, -0.2) is 13.6 Å². The molecule has 122 valence electrons. The van der Waals surface area contributed by atoms with E-state index in [9.17, 15) is 23.5 Å². The fraction of sp³-hybridized carbons (Fsp3) is 0.429. The maximum absolute atomic E-state index is 13.2. The van der Waals surface area contributed by atoms with Gasteiger partial charge >= 0.3 is 5.97 Å². The average molecular weight is 316 g/mol. The number of carbonyl (C=O) groups excluding carboxylic acids is 1. The Morgan fingerprint density at radius 3 is 2.14 bits per heavy atom. The van der Waals surface area contributed by atoms with Crippen LogP contribution in [0.2, 0.25) is 0 Å². The molecular weight excluding hydrogens is 298 g/mol. The maximum atomic E-state index is 13.2. The van der Waals surface area contributed by atoms with Gasteiger partial charge in [-0.1, -0.05) is 0 Å². The second kappa shape index (κ2) is 6.37. The number of halogens is 2. The number of nitrogens with two attached hydrogens (primary N) is 1. The number of methoxy groups -OCH3 is 1. The van der Waals surface area contributed by atoms with E-state index in [0.717, 1.165) is 19.2 Å². The quantitative estimate of drug-likeness (QED) is 0.674. The minimum atomic E-state index is -2.19. The average Bonchev–Trinajstić information content (AvgIpc) is 2.34. The van der Waals surface area contributed by atoms with Crippen LogP contribution in [0, 0.1) is 11.6 Å². The SMILES string of the molecule is CO[C@@](Cc1cc(F)cc(F)c1)(NC(=O)C(C)(C)N)C(=O)O. The molecule has 0 saturated carbocycles. The lowest BCUT2D eigenvalue weighted by atomic mass is 9.99. The molecule has 1 atom stereocenters. The summed E-state index contributed by atoms with van der Waals surface area (Å²) in [6.45, 7) is 2.76. The van der Waals surface area contributed by atoms with Gasteiger partial charge < -0.3 is 20.9 Å². The number of carboxylic acids is 1. The Kier molecular flexibility index (Phi) is 5.21. The molecule has 22 heavy (non-hydrogen) atoms. The molecule has 0 spiro atoms. The van der Waals surface area contributed by atoms with Crippen LogP contribution in [-0.2, 0) is 20.7 Å². The van der Waals surface area contributed by atoms with Gasteiger partial charge in [0.15, 0.2) is 0 Å². The Morgan fingerprint density at radius 2 is 1.77 bits per heavy atom. The molecule has 0 fully saturated rings. The number of ether oxygens (including phenoxy) is 1. The smallest absolute Gasteiger partial charge is 0.357 e. The van der Waals surface area contributed by atoms with Crippen LogP contribution < -0.4 is 11.1 Å². The first-order chi connectivity index (χ1) is 10.00. The molecule has 1 rings (SSSR count). The third-order valence-corrected chi connectivity index (χ3v) is 2.97. The van der Waals surface area contributed by atoms with Crippen molar-refractivity contribution in [3.8, 4) is 0 Å². The first kappa shape index (κ1) is 18.0. The summed E-state index contributed by atoms with van der Waals surface area (Å²) < 4.78 is 31.4. The highest BCUT2D eigenvalue weighted by molar-refractivity contribution is 5.90. The minimum absolute atomic E-state index is 0.0110. The van der Waals surface area contributed by atoms with E-state index in [4.69, 9.17) is 10.5 Å². The Morgan fingerprint density at radius 1 is 1.27 bits per heavy atom. The van der Waals surface area contributed by atoms with E-state index >= 15 is 0 Å². The van der Waals surface area contributed by atoms with Crippen molar-refractivity contribution in [3.05, 3.63) is 35.4 Å². The molecule has 4 N–H and O–H groups in total. The predicted molar refractivity (Wildman–Crippen MR) is 73.8 cm³/mol. The molecule has 6 nitrogen and oxygen atoms in total. The van der Waals surface area contributed by atoms with Crippen molar-refractivity contribution in [1.29, 1.82) is 0 Å². The van der Waals surface area contributed by atoms with E-state index in [1.54, 1.807) is 0 Å². The van der Waals surface area contributed by atoms with Gasteiger partial charge in [0, 0.05) is 19.6 Å². The van der Waals surface area contributed by atoms with Crippen molar-refractivity contribution in [2.75, 3.05) is 7.11 Å². The van der Waals surface area contributed by atoms with Gasteiger partial charge in [0.2, 0.25) is 11.6 Å². The van der Waals surface area contributed by atoms with Gasteiger partial charge in [0.05, 0.1) is 5.54 Å². The number of amides is 1. The molecule has 0 aliphatic carbocycles. The number of benzene rings is 1. The molecule has 0 heterocycles. The number of carboxylic acid groups (broad SMARTS) is 1. The number of carbonyl (C=O) groups is 2. The van der Waals surface area contributed by atoms with Crippen molar-refractivity contribution >= 4 is 11.9 Å². The van der Waals surface area contributed by atoms with Gasteiger partial charge in [0.25, 0.3) is 0 Å². The van der Waals surface area contributed by atoms with Crippen LogP contribution in [0.25, 0.3) is 0 Å². The molecule has 8 heteroatoms. The largest absolute Gasteiger partial charge is 0.478 e. The lowest BCUT2D eigenvalue weighted by Crippen LogP contribution is -2.63. The Bertz CT molecular complexity index is 566. The highest BCUT2D eigenvalue weighted by atomic mass is 19.1. The summed E-state index contributed by atoms with van der Waals surface area (Å²) in [6, 6.07) is 2.57. The Labute approximate surface area is 126 Å². The zero-order valence-electron chi connectivity index (χ0n) is 12.4. The zero-order chi connectivity index (χ0) is 17.1. The van der Waals surface area contributed by atoms with Crippen molar-refractivity contribution in [3.63, 3.8) is 0 Å². The lowest BCUT2D eigenvalue weighted by Gasteiger charge is -2.32. The third-order valence-electron chi connectivity index (χ3n) is 2.97. The summed E-state index contributed by atoms with van der Waals surface area (Å²) in [6.07, 6.45) is -0.477. The molecule has 1 aromatic rings. The minimum Gasteiger partial charge on any atom is -0.478 e. The fourth-order valence-electron chi connectivity index (χ4n) is 1.73. The topological polar surface area (TPSA) is 102 Å². The van der Waals surface area contributed by atoms with Crippen LogP contribution in [0.3, 0.4) is 0 Å². The molecule has 0 saturated heterocycles. The molecule has 1 aromatic carbocycles. The highest BCUT2D eigenvalue weighted by Crippen LogP contribution is 2.19. The van der Waals surface area contributed by atoms with Crippen LogP contribution in [0.15, 0.2) is 18.2 Å². The second-order valence-corrected chi connectivity index (χ2v) is 5.47. The summed E-state index contributed by atoms with van der Waals surface area (Å²) in [7, 11) is 1.06. The molecule has 0 aliphatic heterocycles. The lowest BCUT2D eigenvalue weighted by molar-refractivity contribution is -0.170. The molecule has 1 amide bonds. The first-order valence-electron chi connectivity index (χ1n) is 6.35. The molecule has 0 aromatic heterocycles. The van der Waals surface area contributed by atoms with Crippen molar-refractivity contribution in [2.45, 2.75) is 31.5 Å². The summed E-state index contributed by atoms with van der Waals surface area (Å²) in [4.78, 5) is 23.5. The number of rotatable bonds is 6. The van der Waals surface area contributed by atoms with Gasteiger partial charge in [0.1, 0.15) is 11.6 Å². The molecule has 0 unspecified atom stereocenters. The van der Waals surface area contributed by atoms with E-state index in [1.807, 2.05) is 0 Å². The number of aliphatic carboxylic acids is 1. The van der Waals surface area contributed by atoms with Crippen LogP contribution >= 0.6 is 0 Å². The maximum Gasteiger partial charge on any atom is 0.357 e. The summed E-state index contributed by atoms with van der Waals surface area (Å²) in [5, 5.41) is 11.5. The van der Waals surface area contributed by atoms with Crippen molar-refractivity contribution in [1.82, 2.24) is 5.32 Å². The molecule has 0 bridgehead atoms. The zero-order valence-corrected chi connectivity index (χ0v) is 12.4. The number of hydrogen-bond acceptors (Lipinski definition) is 4. The second-order valence-electron chi connectivity index (χ2n) is 5.47. The van der Waals surface area contributed by atoms with E-state index in [2.05, 4.69) is 5.32 Å². The first-order valence-corrected chi connectivity index (χ1v) is 6.35. The van der Waals surface area contributed by atoms with Gasteiger partial charge in [-0.05, 0) is 31.5 Å². The van der Waals surface area contributed by atoms with E-state index in [1.165, 1.54) is 13.8 Å².